The third-order valence-corrected chi connectivity index (χ3v) is 5.99. The van der Waals surface area contributed by atoms with Crippen LogP contribution in [0.5, 0.6) is 11.5 Å². The van der Waals surface area contributed by atoms with E-state index in [1.807, 2.05) is 43.3 Å². The van der Waals surface area contributed by atoms with Crippen LogP contribution in [0.3, 0.4) is 0 Å². The quantitative estimate of drug-likeness (QED) is 0.487. The minimum atomic E-state index is -0.328. The van der Waals surface area contributed by atoms with E-state index in [-0.39, 0.29) is 11.7 Å². The zero-order valence-electron chi connectivity index (χ0n) is 17.4. The van der Waals surface area contributed by atoms with E-state index in [9.17, 15) is 9.18 Å². The molecule has 3 aromatic rings. The first-order chi connectivity index (χ1) is 15.0. The monoisotopic (exact) mass is 436 g/mol. The van der Waals surface area contributed by atoms with Crippen molar-refractivity contribution in [3.63, 3.8) is 0 Å². The van der Waals surface area contributed by atoms with E-state index >= 15 is 0 Å². The Kier molecular flexibility index (Phi) is 5.95. The number of amidine groups is 1. The SMILES string of the molecule is CCN1C(=O)/C(=C\c2c(OC)ccc3ccc(OC)cc23)SC1=Nc1ccc(F)cc1. The number of ether oxygens (including phenoxy) is 2. The van der Waals surface area contributed by atoms with Gasteiger partial charge in [0.15, 0.2) is 5.17 Å². The number of methoxy groups -OCH3 is 2. The highest BCUT2D eigenvalue weighted by molar-refractivity contribution is 8.18. The minimum absolute atomic E-state index is 0.129. The highest BCUT2D eigenvalue weighted by atomic mass is 32.2. The highest BCUT2D eigenvalue weighted by Gasteiger charge is 2.32. The number of hydrogen-bond donors (Lipinski definition) is 0. The smallest absolute Gasteiger partial charge is 0.266 e. The lowest BCUT2D eigenvalue weighted by atomic mass is 10.0. The molecule has 0 aliphatic carbocycles. The lowest BCUT2D eigenvalue weighted by Crippen LogP contribution is -2.28. The second kappa shape index (κ2) is 8.81. The van der Waals surface area contributed by atoms with E-state index in [1.54, 1.807) is 31.3 Å². The number of benzene rings is 3. The van der Waals surface area contributed by atoms with Crippen molar-refractivity contribution in [2.45, 2.75) is 6.92 Å². The molecule has 0 N–H and O–H groups in total. The maximum atomic E-state index is 13.2. The summed E-state index contributed by atoms with van der Waals surface area (Å²) in [6.45, 7) is 2.37. The maximum absolute atomic E-state index is 13.2. The van der Waals surface area contributed by atoms with Crippen LogP contribution in [-0.2, 0) is 4.79 Å². The third kappa shape index (κ3) is 4.14. The van der Waals surface area contributed by atoms with Crippen molar-refractivity contribution >= 4 is 45.4 Å². The second-order valence-corrected chi connectivity index (χ2v) is 7.81. The van der Waals surface area contributed by atoms with E-state index in [0.717, 1.165) is 22.1 Å². The van der Waals surface area contributed by atoms with Crippen LogP contribution in [0.1, 0.15) is 12.5 Å². The fourth-order valence-electron chi connectivity index (χ4n) is 3.38. The van der Waals surface area contributed by atoms with Gasteiger partial charge in [-0.2, -0.15) is 0 Å². The molecule has 0 bridgehead atoms. The van der Waals surface area contributed by atoms with Crippen LogP contribution in [0.25, 0.3) is 16.8 Å². The van der Waals surface area contributed by atoms with Crippen molar-refractivity contribution in [2.24, 2.45) is 4.99 Å². The van der Waals surface area contributed by atoms with E-state index in [2.05, 4.69) is 4.99 Å². The first-order valence-electron chi connectivity index (χ1n) is 9.74. The van der Waals surface area contributed by atoms with Gasteiger partial charge in [0, 0.05) is 12.1 Å². The number of aliphatic imine (C=N–C) groups is 1. The number of amides is 1. The molecule has 7 heteroatoms. The van der Waals surface area contributed by atoms with E-state index in [4.69, 9.17) is 9.47 Å². The van der Waals surface area contributed by atoms with Gasteiger partial charge in [-0.05, 0) is 78.0 Å². The van der Waals surface area contributed by atoms with Gasteiger partial charge in [0.1, 0.15) is 17.3 Å². The van der Waals surface area contributed by atoms with Crippen LogP contribution in [0.4, 0.5) is 10.1 Å². The summed E-state index contributed by atoms with van der Waals surface area (Å²) in [4.78, 5) is 19.8. The summed E-state index contributed by atoms with van der Waals surface area (Å²) in [6.07, 6.45) is 1.84. The van der Waals surface area contributed by atoms with Crippen molar-refractivity contribution in [1.82, 2.24) is 4.90 Å². The molecule has 0 atom stereocenters. The van der Waals surface area contributed by atoms with E-state index in [1.165, 1.54) is 23.9 Å². The number of halogens is 1. The molecule has 158 valence electrons. The summed E-state index contributed by atoms with van der Waals surface area (Å²) in [5.74, 6) is 0.925. The number of carbonyl (C=O) groups is 1. The maximum Gasteiger partial charge on any atom is 0.266 e. The highest BCUT2D eigenvalue weighted by Crippen LogP contribution is 2.38. The van der Waals surface area contributed by atoms with Gasteiger partial charge >= 0.3 is 0 Å². The van der Waals surface area contributed by atoms with Crippen LogP contribution in [-0.4, -0.2) is 36.7 Å². The molecular formula is C24H21FN2O3S. The molecule has 31 heavy (non-hydrogen) atoms. The number of hydrogen-bond acceptors (Lipinski definition) is 5. The van der Waals surface area contributed by atoms with Crippen molar-refractivity contribution in [1.29, 1.82) is 0 Å². The molecule has 0 saturated carbocycles. The minimum Gasteiger partial charge on any atom is -0.497 e. The zero-order chi connectivity index (χ0) is 22.0. The molecule has 1 amide bonds. The molecule has 1 aliphatic heterocycles. The molecule has 0 aromatic heterocycles. The molecule has 0 spiro atoms. The predicted molar refractivity (Wildman–Crippen MR) is 124 cm³/mol. The molecule has 0 unspecified atom stereocenters. The third-order valence-electron chi connectivity index (χ3n) is 4.98. The molecule has 1 fully saturated rings. The average Bonchev–Trinajstić information content (AvgIpc) is 3.08. The predicted octanol–water partition coefficient (Wildman–Crippen LogP) is 5.62. The van der Waals surface area contributed by atoms with Crippen LogP contribution in [0.15, 0.2) is 64.5 Å². The number of carbonyl (C=O) groups excluding carboxylic acids is 1. The summed E-state index contributed by atoms with van der Waals surface area (Å²) in [5.41, 5.74) is 1.39. The topological polar surface area (TPSA) is 51.1 Å². The number of likely N-dealkylation sites (N-methyl/N-ethyl adjacent to an activating group) is 1. The fraction of sp³-hybridized carbons (Fsp3) is 0.167. The Labute approximate surface area is 184 Å². The van der Waals surface area contributed by atoms with Crippen LogP contribution >= 0.6 is 11.8 Å². The first kappa shape index (κ1) is 20.9. The Hall–Kier alpha value is -3.32. The number of thioether (sulfide) groups is 1. The largest absolute Gasteiger partial charge is 0.497 e. The molecule has 4 rings (SSSR count). The Morgan fingerprint density at radius 3 is 2.48 bits per heavy atom. The van der Waals surface area contributed by atoms with Crippen molar-refractivity contribution in [3.05, 3.63) is 70.9 Å². The van der Waals surface area contributed by atoms with Crippen molar-refractivity contribution < 1.29 is 18.7 Å². The number of fused-ring (bicyclic) bond motifs is 1. The zero-order valence-corrected chi connectivity index (χ0v) is 18.2. The molecule has 1 saturated heterocycles. The lowest BCUT2D eigenvalue weighted by molar-refractivity contribution is -0.122. The summed E-state index contributed by atoms with van der Waals surface area (Å²) >= 11 is 1.29. The van der Waals surface area contributed by atoms with E-state index in [0.29, 0.717) is 28.1 Å². The summed E-state index contributed by atoms with van der Waals surface area (Å²) in [7, 11) is 3.22. The fourth-order valence-corrected chi connectivity index (χ4v) is 4.43. The summed E-state index contributed by atoms with van der Waals surface area (Å²) < 4.78 is 24.2. The van der Waals surface area contributed by atoms with Gasteiger partial charge < -0.3 is 9.47 Å². The normalized spacial score (nSPS) is 16.5. The summed E-state index contributed by atoms with van der Waals surface area (Å²) in [5, 5.41) is 2.49. The van der Waals surface area contributed by atoms with Crippen molar-refractivity contribution in [2.75, 3.05) is 20.8 Å². The number of rotatable bonds is 5. The lowest BCUT2D eigenvalue weighted by Gasteiger charge is -2.12. The standard InChI is InChI=1S/C24H21FN2O3S/c1-4-27-23(28)22(31-24(27)26-17-9-7-16(25)8-10-17)14-20-19-13-18(29-2)11-5-15(19)6-12-21(20)30-3/h5-14H,4H2,1-3H3/b22-14+,26-24?. The Morgan fingerprint density at radius 1 is 1.06 bits per heavy atom. The second-order valence-electron chi connectivity index (χ2n) is 6.80. The van der Waals surface area contributed by atoms with Crippen molar-refractivity contribution in [3.8, 4) is 11.5 Å². The van der Waals surface area contributed by atoms with Gasteiger partial charge in [0.25, 0.3) is 5.91 Å². The van der Waals surface area contributed by atoms with Gasteiger partial charge in [-0.1, -0.05) is 12.1 Å². The molecule has 3 aromatic carbocycles. The molecule has 5 nitrogen and oxygen atoms in total. The van der Waals surface area contributed by atoms with Gasteiger partial charge in [-0.25, -0.2) is 9.38 Å². The van der Waals surface area contributed by atoms with Crippen LogP contribution in [0, 0.1) is 5.82 Å². The van der Waals surface area contributed by atoms with Gasteiger partial charge in [-0.3, -0.25) is 9.69 Å². The molecule has 1 heterocycles. The van der Waals surface area contributed by atoms with Crippen LogP contribution in [0.2, 0.25) is 0 Å². The van der Waals surface area contributed by atoms with Gasteiger partial charge in [0.05, 0.1) is 24.8 Å². The van der Waals surface area contributed by atoms with Gasteiger partial charge in [-0.15, -0.1) is 0 Å². The number of nitrogens with zero attached hydrogens (tertiary/aromatic N) is 2. The first-order valence-corrected chi connectivity index (χ1v) is 10.6. The molecule has 0 radical (unpaired) electrons. The Balaban J connectivity index is 1.80. The molecule has 1 aliphatic rings. The van der Waals surface area contributed by atoms with Crippen LogP contribution < -0.4 is 9.47 Å². The van der Waals surface area contributed by atoms with E-state index < -0.39 is 0 Å². The molecular weight excluding hydrogens is 415 g/mol. The summed E-state index contributed by atoms with van der Waals surface area (Å²) in [6, 6.07) is 15.5. The Morgan fingerprint density at radius 2 is 1.81 bits per heavy atom. The Bertz CT molecular complexity index is 1200. The van der Waals surface area contributed by atoms with Gasteiger partial charge in [0.2, 0.25) is 0 Å². The average molecular weight is 437 g/mol.